The molecule has 1 aromatic rings. The summed E-state index contributed by atoms with van der Waals surface area (Å²) in [6.45, 7) is 4.60. The summed E-state index contributed by atoms with van der Waals surface area (Å²) < 4.78 is 13.3. The molecule has 106 valence electrons. The first-order valence-corrected chi connectivity index (χ1v) is 6.80. The molecule has 0 aliphatic carbocycles. The highest BCUT2D eigenvalue weighted by atomic mass is 19.1. The number of benzene rings is 1. The largest absolute Gasteiger partial charge is 0.311 e. The Morgan fingerprint density at radius 2 is 2.25 bits per heavy atom. The van der Waals surface area contributed by atoms with Gasteiger partial charge in [-0.3, -0.25) is 4.79 Å². The molecule has 0 saturated carbocycles. The molecule has 2 rings (SSSR count). The molecule has 4 nitrogen and oxygen atoms in total. The molecule has 0 bridgehead atoms. The smallest absolute Gasteiger partial charge is 0.244 e. The normalized spacial score (nSPS) is 19.2. The molecular weight excluding hydrogens is 257 g/mol. The first-order chi connectivity index (χ1) is 9.52. The molecular formula is C15H18FN3O. The Labute approximate surface area is 118 Å². The van der Waals surface area contributed by atoms with Crippen LogP contribution in [0.1, 0.15) is 32.3 Å². The molecule has 0 spiro atoms. The predicted molar refractivity (Wildman–Crippen MR) is 74.8 cm³/mol. The van der Waals surface area contributed by atoms with Crippen LogP contribution in [0.25, 0.3) is 0 Å². The van der Waals surface area contributed by atoms with Crippen molar-refractivity contribution in [2.45, 2.75) is 38.8 Å². The Bertz CT molecular complexity index is 551. The number of carbonyl (C=O) groups is 1. The number of anilines is 1. The van der Waals surface area contributed by atoms with Crippen molar-refractivity contribution >= 4 is 11.6 Å². The van der Waals surface area contributed by atoms with Crippen LogP contribution in [0.15, 0.2) is 18.2 Å². The van der Waals surface area contributed by atoms with E-state index in [1.54, 1.807) is 17.0 Å². The molecule has 0 radical (unpaired) electrons. The Hall–Kier alpha value is -1.93. The van der Waals surface area contributed by atoms with E-state index in [-0.39, 0.29) is 23.6 Å². The van der Waals surface area contributed by atoms with E-state index in [1.807, 2.05) is 13.8 Å². The number of hydrogen-bond acceptors (Lipinski definition) is 3. The molecule has 5 heteroatoms. The van der Waals surface area contributed by atoms with Gasteiger partial charge in [0.2, 0.25) is 5.91 Å². The van der Waals surface area contributed by atoms with Crippen molar-refractivity contribution in [1.29, 1.82) is 5.26 Å². The summed E-state index contributed by atoms with van der Waals surface area (Å²) in [5, 5.41) is 12.1. The first-order valence-electron chi connectivity index (χ1n) is 6.80. The van der Waals surface area contributed by atoms with Gasteiger partial charge >= 0.3 is 0 Å². The standard InChI is InChI=1S/C15H18FN3O/c1-10(2)18-14-4-3-7-19(15(14)20)12-5-6-13(16)11(8-12)9-17/h5-6,8,10,14,18H,3-4,7H2,1-2H3. The van der Waals surface area contributed by atoms with Crippen LogP contribution in [-0.4, -0.2) is 24.5 Å². The second-order valence-electron chi connectivity index (χ2n) is 5.28. The van der Waals surface area contributed by atoms with Crippen LogP contribution >= 0.6 is 0 Å². The molecule has 1 aliphatic rings. The Morgan fingerprint density at radius 3 is 2.90 bits per heavy atom. The Balaban J connectivity index is 2.24. The quantitative estimate of drug-likeness (QED) is 0.920. The fourth-order valence-corrected chi connectivity index (χ4v) is 2.46. The van der Waals surface area contributed by atoms with Crippen LogP contribution in [0.3, 0.4) is 0 Å². The van der Waals surface area contributed by atoms with E-state index in [2.05, 4.69) is 5.32 Å². The summed E-state index contributed by atoms with van der Waals surface area (Å²) in [6, 6.07) is 6.04. The van der Waals surface area contributed by atoms with Crippen molar-refractivity contribution < 1.29 is 9.18 Å². The average Bonchev–Trinajstić information content (AvgIpc) is 2.41. The van der Waals surface area contributed by atoms with Gasteiger partial charge in [-0.05, 0) is 31.0 Å². The second-order valence-corrected chi connectivity index (χ2v) is 5.28. The van der Waals surface area contributed by atoms with Crippen LogP contribution in [0.5, 0.6) is 0 Å². The molecule has 1 saturated heterocycles. The van der Waals surface area contributed by atoms with Gasteiger partial charge in [0.15, 0.2) is 0 Å². The molecule has 1 heterocycles. The van der Waals surface area contributed by atoms with Gasteiger partial charge in [-0.2, -0.15) is 5.26 Å². The fraction of sp³-hybridized carbons (Fsp3) is 0.467. The maximum atomic E-state index is 13.3. The SMILES string of the molecule is CC(C)NC1CCCN(c2ccc(F)c(C#N)c2)C1=O. The summed E-state index contributed by atoms with van der Waals surface area (Å²) in [4.78, 5) is 14.1. The maximum Gasteiger partial charge on any atom is 0.244 e. The van der Waals surface area contributed by atoms with Crippen LogP contribution < -0.4 is 10.2 Å². The molecule has 1 aromatic carbocycles. The van der Waals surface area contributed by atoms with Gasteiger partial charge in [-0.25, -0.2) is 4.39 Å². The minimum atomic E-state index is -0.558. The number of nitrogens with one attached hydrogen (secondary N) is 1. The highest BCUT2D eigenvalue weighted by molar-refractivity contribution is 5.98. The van der Waals surface area contributed by atoms with Gasteiger partial charge in [0.25, 0.3) is 0 Å². The Morgan fingerprint density at radius 1 is 1.50 bits per heavy atom. The number of nitrogens with zero attached hydrogens (tertiary/aromatic N) is 2. The molecule has 1 fully saturated rings. The number of halogens is 1. The van der Waals surface area contributed by atoms with Crippen LogP contribution in [0.4, 0.5) is 10.1 Å². The van der Waals surface area contributed by atoms with E-state index in [4.69, 9.17) is 5.26 Å². The lowest BCUT2D eigenvalue weighted by Crippen LogP contribution is -2.52. The lowest BCUT2D eigenvalue weighted by atomic mass is 10.0. The Kier molecular flexibility index (Phi) is 4.35. The number of carbonyl (C=O) groups excluding carboxylic acids is 1. The number of amides is 1. The molecule has 1 aliphatic heterocycles. The van der Waals surface area contributed by atoms with Crippen LogP contribution in [-0.2, 0) is 4.79 Å². The van der Waals surface area contributed by atoms with Gasteiger partial charge in [-0.1, -0.05) is 13.8 Å². The zero-order chi connectivity index (χ0) is 14.7. The van der Waals surface area contributed by atoms with E-state index in [0.717, 1.165) is 12.8 Å². The molecule has 1 unspecified atom stereocenters. The van der Waals surface area contributed by atoms with E-state index in [0.29, 0.717) is 12.2 Å². The molecule has 1 N–H and O–H groups in total. The number of rotatable bonds is 3. The van der Waals surface area contributed by atoms with Crippen molar-refractivity contribution in [2.24, 2.45) is 0 Å². The van der Waals surface area contributed by atoms with Gasteiger partial charge < -0.3 is 10.2 Å². The van der Waals surface area contributed by atoms with Crippen molar-refractivity contribution in [3.63, 3.8) is 0 Å². The summed E-state index contributed by atoms with van der Waals surface area (Å²) in [5.41, 5.74) is 0.553. The third-order valence-electron chi connectivity index (χ3n) is 3.36. The lowest BCUT2D eigenvalue weighted by Gasteiger charge is -2.33. The van der Waals surface area contributed by atoms with Crippen LogP contribution in [0.2, 0.25) is 0 Å². The van der Waals surface area contributed by atoms with E-state index in [9.17, 15) is 9.18 Å². The monoisotopic (exact) mass is 275 g/mol. The molecule has 1 amide bonds. The zero-order valence-electron chi connectivity index (χ0n) is 11.7. The topological polar surface area (TPSA) is 56.1 Å². The summed E-state index contributed by atoms with van der Waals surface area (Å²) in [5.74, 6) is -0.571. The van der Waals surface area contributed by atoms with Gasteiger partial charge in [-0.15, -0.1) is 0 Å². The lowest BCUT2D eigenvalue weighted by molar-refractivity contribution is -0.121. The third kappa shape index (κ3) is 2.97. The van der Waals surface area contributed by atoms with Crippen molar-refractivity contribution in [2.75, 3.05) is 11.4 Å². The van der Waals surface area contributed by atoms with Crippen molar-refractivity contribution in [3.05, 3.63) is 29.6 Å². The predicted octanol–water partition coefficient (Wildman–Crippen LogP) is 2.19. The van der Waals surface area contributed by atoms with Gasteiger partial charge in [0.1, 0.15) is 11.9 Å². The minimum Gasteiger partial charge on any atom is -0.311 e. The summed E-state index contributed by atoms with van der Waals surface area (Å²) >= 11 is 0. The van der Waals surface area contributed by atoms with Crippen molar-refractivity contribution in [1.82, 2.24) is 5.32 Å². The first kappa shape index (κ1) is 14.5. The van der Waals surface area contributed by atoms with Gasteiger partial charge in [0.05, 0.1) is 11.6 Å². The molecule has 0 aromatic heterocycles. The van der Waals surface area contributed by atoms with E-state index < -0.39 is 5.82 Å². The van der Waals surface area contributed by atoms with E-state index >= 15 is 0 Å². The van der Waals surface area contributed by atoms with Crippen molar-refractivity contribution in [3.8, 4) is 6.07 Å². The maximum absolute atomic E-state index is 13.3. The van der Waals surface area contributed by atoms with E-state index in [1.165, 1.54) is 12.1 Å². The average molecular weight is 275 g/mol. The number of nitriles is 1. The molecule has 20 heavy (non-hydrogen) atoms. The fourth-order valence-electron chi connectivity index (χ4n) is 2.46. The summed E-state index contributed by atoms with van der Waals surface area (Å²) in [6.07, 6.45) is 1.69. The van der Waals surface area contributed by atoms with Gasteiger partial charge in [0, 0.05) is 18.3 Å². The number of hydrogen-bond donors (Lipinski definition) is 1. The minimum absolute atomic E-state index is 0.0135. The molecule has 1 atom stereocenters. The zero-order valence-corrected chi connectivity index (χ0v) is 11.7. The highest BCUT2D eigenvalue weighted by Gasteiger charge is 2.30. The third-order valence-corrected chi connectivity index (χ3v) is 3.36. The highest BCUT2D eigenvalue weighted by Crippen LogP contribution is 2.23. The van der Waals surface area contributed by atoms with Crippen LogP contribution in [0, 0.1) is 17.1 Å². The number of piperidine rings is 1. The summed E-state index contributed by atoms with van der Waals surface area (Å²) in [7, 11) is 0. The second kappa shape index (κ2) is 6.02.